The standard InChI is InChI=1S/C26H23F2NO4.C10H19O6PS2/c1-17(2)24(18-11-13-21(14-12-18)32-26(27)28)25(30)33-23(16-29)19-7-6-10-22(15-19)31-20-8-4-3-5-9-20;1-5-15-9(11)7-8(10(12)16-6-2)19-17(18,13-3)14-4/h3-15,17,23-24,26H,1-2H3;8H,5-7H2,1-4H3/t23?,24-;/m0./s1. The summed E-state index contributed by atoms with van der Waals surface area (Å²) < 4.78 is 60.4. The number of halogens is 2. The minimum absolute atomic E-state index is 0.00486. The Balaban J connectivity index is 0.000000422. The molecule has 0 radical (unpaired) electrons. The molecule has 0 aliphatic rings. The molecule has 0 saturated heterocycles. The average molecular weight is 782 g/mol. The highest BCUT2D eigenvalue weighted by atomic mass is 32.9. The van der Waals surface area contributed by atoms with Crippen LogP contribution in [0.5, 0.6) is 17.2 Å². The van der Waals surface area contributed by atoms with Crippen LogP contribution in [0.2, 0.25) is 0 Å². The molecule has 0 aliphatic heterocycles. The summed E-state index contributed by atoms with van der Waals surface area (Å²) in [6, 6.07) is 23.8. The lowest BCUT2D eigenvalue weighted by Gasteiger charge is -2.22. The van der Waals surface area contributed by atoms with Gasteiger partial charge < -0.3 is 32.7 Å². The van der Waals surface area contributed by atoms with Crippen LogP contribution in [0.3, 0.4) is 0 Å². The van der Waals surface area contributed by atoms with E-state index in [2.05, 4.69) is 4.74 Å². The molecule has 0 heterocycles. The second-order valence-electron chi connectivity index (χ2n) is 10.8. The molecule has 2 unspecified atom stereocenters. The number of nitrogens with zero attached hydrogens (tertiary/aromatic N) is 1. The molecule has 16 heteroatoms. The fraction of sp³-hybridized carbons (Fsp3) is 0.389. The Labute approximate surface area is 311 Å². The first-order valence-electron chi connectivity index (χ1n) is 16.0. The van der Waals surface area contributed by atoms with Crippen molar-refractivity contribution >= 4 is 46.8 Å². The molecule has 0 bridgehead atoms. The fourth-order valence-electron chi connectivity index (χ4n) is 4.46. The Hall–Kier alpha value is -4.06. The van der Waals surface area contributed by atoms with Crippen molar-refractivity contribution < 1.29 is 55.9 Å². The predicted molar refractivity (Wildman–Crippen MR) is 196 cm³/mol. The molecular formula is C36H42F2NO10PS2. The molecule has 0 amide bonds. The molecular weight excluding hydrogens is 739 g/mol. The highest BCUT2D eigenvalue weighted by Crippen LogP contribution is 2.62. The van der Waals surface area contributed by atoms with Crippen molar-refractivity contribution in [3.8, 4) is 23.3 Å². The predicted octanol–water partition coefficient (Wildman–Crippen LogP) is 8.75. The maximum Gasteiger partial charge on any atom is 0.387 e. The van der Waals surface area contributed by atoms with Crippen LogP contribution >= 0.6 is 17.1 Å². The molecule has 0 aromatic heterocycles. The SMILES string of the molecule is CC(C)[C@H](C(=O)OC(C#N)c1cccc(Oc2ccccc2)c1)c1ccc(OC(F)F)cc1.CCOC(=O)CC(SP(=S)(OC)OC)C(=O)OCC. The number of carbonyl (C=O) groups is 3. The van der Waals surface area contributed by atoms with E-state index >= 15 is 0 Å². The van der Waals surface area contributed by atoms with Crippen molar-refractivity contribution in [2.75, 3.05) is 27.4 Å². The number of nitriles is 1. The lowest BCUT2D eigenvalue weighted by atomic mass is 9.88. The van der Waals surface area contributed by atoms with Crippen molar-refractivity contribution in [1.29, 1.82) is 5.26 Å². The Bertz CT molecular complexity index is 1650. The molecule has 3 rings (SSSR count). The van der Waals surface area contributed by atoms with E-state index in [4.69, 9.17) is 39.8 Å². The van der Waals surface area contributed by atoms with Crippen molar-refractivity contribution in [1.82, 2.24) is 0 Å². The highest BCUT2D eigenvalue weighted by Gasteiger charge is 2.32. The van der Waals surface area contributed by atoms with Gasteiger partial charge in [0.05, 0.1) is 25.6 Å². The van der Waals surface area contributed by atoms with E-state index in [-0.39, 0.29) is 31.3 Å². The van der Waals surface area contributed by atoms with E-state index in [0.717, 1.165) is 11.4 Å². The number of carbonyl (C=O) groups excluding carboxylic acids is 3. The second kappa shape index (κ2) is 22.8. The van der Waals surface area contributed by atoms with Gasteiger partial charge in [0.25, 0.3) is 0 Å². The number of benzene rings is 3. The van der Waals surface area contributed by atoms with Crippen molar-refractivity contribution in [3.63, 3.8) is 0 Å². The fourth-order valence-corrected chi connectivity index (χ4v) is 8.33. The molecule has 0 aliphatic carbocycles. The van der Waals surface area contributed by atoms with Gasteiger partial charge in [0.2, 0.25) is 11.8 Å². The summed E-state index contributed by atoms with van der Waals surface area (Å²) >= 11 is 6.17. The van der Waals surface area contributed by atoms with Crippen molar-refractivity contribution in [2.45, 2.75) is 58.0 Å². The van der Waals surface area contributed by atoms with Crippen LogP contribution < -0.4 is 9.47 Å². The van der Waals surface area contributed by atoms with E-state index in [1.54, 1.807) is 62.4 Å². The average Bonchev–Trinajstić information content (AvgIpc) is 3.11. The third kappa shape index (κ3) is 14.9. The molecule has 0 N–H and O–H groups in total. The molecule has 3 atom stereocenters. The van der Waals surface area contributed by atoms with E-state index < -0.39 is 47.5 Å². The summed E-state index contributed by atoms with van der Waals surface area (Å²) in [5.74, 6) is -1.31. The molecule has 3 aromatic carbocycles. The molecule has 11 nitrogen and oxygen atoms in total. The molecule has 0 spiro atoms. The first-order chi connectivity index (χ1) is 24.8. The van der Waals surface area contributed by atoms with Crippen LogP contribution in [0.25, 0.3) is 0 Å². The lowest BCUT2D eigenvalue weighted by Crippen LogP contribution is -2.24. The van der Waals surface area contributed by atoms with Gasteiger partial charge >= 0.3 is 24.5 Å². The maximum atomic E-state index is 13.0. The summed E-state index contributed by atoms with van der Waals surface area (Å²) in [5.41, 5.74) is -1.60. The van der Waals surface area contributed by atoms with E-state index in [9.17, 15) is 28.4 Å². The summed E-state index contributed by atoms with van der Waals surface area (Å²) in [4.78, 5) is 36.3. The van der Waals surface area contributed by atoms with Gasteiger partial charge in [0.1, 0.15) is 28.6 Å². The monoisotopic (exact) mass is 781 g/mol. The van der Waals surface area contributed by atoms with Crippen molar-refractivity contribution in [3.05, 3.63) is 90.0 Å². The topological polar surface area (TPSA) is 140 Å². The Morgan fingerprint density at radius 3 is 1.98 bits per heavy atom. The summed E-state index contributed by atoms with van der Waals surface area (Å²) in [6.45, 7) is 4.60. The second-order valence-corrected chi connectivity index (χ2v) is 17.4. The van der Waals surface area contributed by atoms with Crippen LogP contribution in [-0.2, 0) is 49.4 Å². The zero-order valence-electron chi connectivity index (χ0n) is 29.6. The van der Waals surface area contributed by atoms with Gasteiger partial charge in [-0.05, 0) is 73.5 Å². The Morgan fingerprint density at radius 1 is 0.827 bits per heavy atom. The van der Waals surface area contributed by atoms with Gasteiger partial charge in [-0.25, -0.2) is 0 Å². The van der Waals surface area contributed by atoms with Crippen LogP contribution in [0, 0.1) is 17.2 Å². The van der Waals surface area contributed by atoms with Crippen LogP contribution in [0.4, 0.5) is 8.78 Å². The normalized spacial score (nSPS) is 12.7. The Morgan fingerprint density at radius 2 is 1.44 bits per heavy atom. The highest BCUT2D eigenvalue weighted by molar-refractivity contribution is 8.68. The molecule has 282 valence electrons. The van der Waals surface area contributed by atoms with Crippen LogP contribution in [0.1, 0.15) is 57.3 Å². The first kappa shape index (κ1) is 44.1. The van der Waals surface area contributed by atoms with E-state index in [0.29, 0.717) is 22.6 Å². The smallest absolute Gasteiger partial charge is 0.387 e. The number of rotatable bonds is 18. The third-order valence-corrected chi connectivity index (χ3v) is 12.7. The molecule has 0 fully saturated rings. The number of hydrogen-bond acceptors (Lipinski definition) is 13. The van der Waals surface area contributed by atoms with E-state index in [1.807, 2.05) is 38.1 Å². The minimum atomic E-state index is -2.93. The number of ether oxygens (including phenoxy) is 5. The quantitative estimate of drug-likeness (QED) is 0.0691. The summed E-state index contributed by atoms with van der Waals surface area (Å²) in [7, 11) is 2.81. The summed E-state index contributed by atoms with van der Waals surface area (Å²) in [6.07, 6.45) is -1.26. The van der Waals surface area contributed by atoms with E-state index in [1.165, 1.54) is 26.4 Å². The number of esters is 3. The largest absolute Gasteiger partial charge is 0.466 e. The van der Waals surface area contributed by atoms with Crippen LogP contribution in [-0.4, -0.2) is 57.2 Å². The Kier molecular flexibility index (Phi) is 19.3. The molecule has 0 saturated carbocycles. The first-order valence-corrected chi connectivity index (χ1v) is 20.1. The molecule has 52 heavy (non-hydrogen) atoms. The minimum Gasteiger partial charge on any atom is -0.466 e. The van der Waals surface area contributed by atoms with Gasteiger partial charge in [-0.15, -0.1) is 0 Å². The third-order valence-electron chi connectivity index (χ3n) is 6.79. The van der Waals surface area contributed by atoms with Crippen molar-refractivity contribution in [2.24, 2.45) is 5.92 Å². The molecule has 3 aromatic rings. The van der Waals surface area contributed by atoms with Gasteiger partial charge in [-0.2, -0.15) is 14.0 Å². The van der Waals surface area contributed by atoms with Gasteiger partial charge in [0.15, 0.2) is 0 Å². The number of hydrogen-bond donors (Lipinski definition) is 0. The van der Waals surface area contributed by atoms with Gasteiger partial charge in [0, 0.05) is 19.8 Å². The van der Waals surface area contributed by atoms with Crippen LogP contribution in [0.15, 0.2) is 78.9 Å². The number of para-hydroxylation sites is 1. The van der Waals surface area contributed by atoms with Gasteiger partial charge in [-0.1, -0.05) is 67.7 Å². The zero-order chi connectivity index (χ0) is 38.7. The summed E-state index contributed by atoms with van der Waals surface area (Å²) in [5, 5.41) is 8.88. The zero-order valence-corrected chi connectivity index (χ0v) is 32.1. The lowest BCUT2D eigenvalue weighted by molar-refractivity contribution is -0.150. The van der Waals surface area contributed by atoms with Gasteiger partial charge in [-0.3, -0.25) is 14.4 Å². The maximum absolute atomic E-state index is 13.0. The number of alkyl halides is 2.